The number of Topliss-reactive ketones (excluding diaryl/α,β-unsaturated/α-hetero) is 1. The Labute approximate surface area is 220 Å². The van der Waals surface area contributed by atoms with Gasteiger partial charge in [-0.2, -0.15) is 0 Å². The number of rotatable bonds is 9. The zero-order valence-electron chi connectivity index (χ0n) is 20.9. The number of carbonyl (C=O) groups excluding carboxylic acids is 1. The number of carbonyl (C=O) groups is 2. The fraction of sp³-hybridized carbons (Fsp3) is 0.444. The summed E-state index contributed by atoms with van der Waals surface area (Å²) in [5, 5.41) is 13.4. The summed E-state index contributed by atoms with van der Waals surface area (Å²) in [5.74, 6) is 0.897. The maximum atomic E-state index is 13.0. The number of ketones is 1. The largest absolute Gasteiger partial charge is 0.465 e. The number of nitrogens with one attached hydrogen (secondary N) is 1. The molecular weight excluding hydrogens is 492 g/mol. The molecule has 2 N–H and O–H groups in total. The van der Waals surface area contributed by atoms with E-state index in [1.807, 2.05) is 12.1 Å². The van der Waals surface area contributed by atoms with Crippen molar-refractivity contribution in [2.45, 2.75) is 51.5 Å². The molecule has 37 heavy (non-hydrogen) atoms. The molecule has 0 bridgehead atoms. The summed E-state index contributed by atoms with van der Waals surface area (Å²) >= 11 is 6.18. The van der Waals surface area contributed by atoms with Crippen molar-refractivity contribution in [1.29, 1.82) is 0 Å². The molecule has 3 aromatic heterocycles. The Morgan fingerprint density at radius 1 is 1.16 bits per heavy atom. The second-order valence-corrected chi connectivity index (χ2v) is 10.2. The Balaban J connectivity index is 1.37. The van der Waals surface area contributed by atoms with Crippen molar-refractivity contribution in [3.8, 4) is 0 Å². The molecule has 2 aliphatic rings. The Morgan fingerprint density at radius 2 is 2.00 bits per heavy atom. The molecule has 1 aliphatic carbocycles. The molecule has 0 aromatic carbocycles. The van der Waals surface area contributed by atoms with Gasteiger partial charge in [0.05, 0.1) is 34.7 Å². The zero-order valence-corrected chi connectivity index (χ0v) is 21.6. The topological polar surface area (TPSA) is 112 Å². The summed E-state index contributed by atoms with van der Waals surface area (Å²) in [5.41, 5.74) is 3.00. The summed E-state index contributed by atoms with van der Waals surface area (Å²) < 4.78 is 0. The van der Waals surface area contributed by atoms with Crippen LogP contribution >= 0.6 is 11.6 Å². The maximum absolute atomic E-state index is 13.0. The summed E-state index contributed by atoms with van der Waals surface area (Å²) in [7, 11) is 0. The normalized spacial score (nSPS) is 17.6. The molecule has 9 nitrogen and oxygen atoms in total. The van der Waals surface area contributed by atoms with Gasteiger partial charge in [0, 0.05) is 31.7 Å². The molecule has 2 fully saturated rings. The smallest absolute Gasteiger partial charge is 0.407 e. The van der Waals surface area contributed by atoms with Crippen molar-refractivity contribution in [1.82, 2.24) is 19.9 Å². The summed E-state index contributed by atoms with van der Waals surface area (Å²) in [6.45, 7) is 4.07. The predicted octanol–water partition coefficient (Wildman–Crippen LogP) is 5.76. The van der Waals surface area contributed by atoms with Gasteiger partial charge in [0.1, 0.15) is 16.5 Å². The first-order valence-electron chi connectivity index (χ1n) is 12.9. The van der Waals surface area contributed by atoms with Gasteiger partial charge in [0.2, 0.25) is 0 Å². The van der Waals surface area contributed by atoms with E-state index in [4.69, 9.17) is 11.6 Å². The number of hydrogen-bond donors (Lipinski definition) is 2. The molecule has 0 radical (unpaired) electrons. The van der Waals surface area contributed by atoms with Crippen LogP contribution in [0.25, 0.3) is 11.0 Å². The lowest BCUT2D eigenvalue weighted by molar-refractivity contribution is 0.0968. The van der Waals surface area contributed by atoms with Gasteiger partial charge in [-0.3, -0.25) is 9.78 Å². The minimum atomic E-state index is -0.859. The molecule has 5 rings (SSSR count). The third-order valence-electron chi connectivity index (χ3n) is 7.07. The molecule has 1 aliphatic heterocycles. The van der Waals surface area contributed by atoms with Crippen LogP contribution in [0.4, 0.5) is 22.0 Å². The van der Waals surface area contributed by atoms with Crippen LogP contribution in [0.1, 0.15) is 55.8 Å². The van der Waals surface area contributed by atoms with Crippen LogP contribution in [0.15, 0.2) is 36.7 Å². The number of aromatic nitrogens is 3. The van der Waals surface area contributed by atoms with Crippen LogP contribution in [0.2, 0.25) is 5.15 Å². The minimum absolute atomic E-state index is 0.0363. The molecule has 1 unspecified atom stereocenters. The molecule has 1 atom stereocenters. The predicted molar refractivity (Wildman–Crippen MR) is 144 cm³/mol. The van der Waals surface area contributed by atoms with Crippen molar-refractivity contribution in [2.24, 2.45) is 5.92 Å². The lowest BCUT2D eigenvalue weighted by Gasteiger charge is -2.38. The van der Waals surface area contributed by atoms with Crippen LogP contribution in [0.3, 0.4) is 0 Å². The van der Waals surface area contributed by atoms with Gasteiger partial charge in [-0.1, -0.05) is 24.9 Å². The van der Waals surface area contributed by atoms with Gasteiger partial charge < -0.3 is 20.2 Å². The summed E-state index contributed by atoms with van der Waals surface area (Å²) in [4.78, 5) is 42.1. The van der Waals surface area contributed by atoms with Gasteiger partial charge in [-0.05, 0) is 56.4 Å². The number of unbranched alkanes of at least 4 members (excludes halogenated alkanes) is 1. The first kappa shape index (κ1) is 25.2. The van der Waals surface area contributed by atoms with Crippen LogP contribution < -0.4 is 10.2 Å². The van der Waals surface area contributed by atoms with Crippen LogP contribution in [0.5, 0.6) is 0 Å². The first-order valence-corrected chi connectivity index (χ1v) is 13.3. The Bertz CT molecular complexity index is 1300. The third-order valence-corrected chi connectivity index (χ3v) is 7.28. The van der Waals surface area contributed by atoms with Crippen molar-refractivity contribution in [2.75, 3.05) is 29.9 Å². The van der Waals surface area contributed by atoms with Crippen molar-refractivity contribution < 1.29 is 14.7 Å². The standard InChI is InChI=1S/C27H31ClN6O3/c1-2-3-13-34(27(36)37)19-5-4-12-33(16-19)23-11-8-18(14-30-23)31-24-20(26(35)17-6-7-17)15-29-21-9-10-22(28)32-25(21)24/h8-11,14-15,17,19H,2-7,12-13,16H2,1H3,(H,29,31)(H,36,37). The average molecular weight is 523 g/mol. The second-order valence-electron chi connectivity index (χ2n) is 9.79. The SMILES string of the molecule is CCCCN(C(=O)O)C1CCCN(c2ccc(Nc3c(C(=O)C4CC4)cnc4ccc(Cl)nc34)cn2)C1. The van der Waals surface area contributed by atoms with E-state index >= 15 is 0 Å². The lowest BCUT2D eigenvalue weighted by atomic mass is 10.0. The molecule has 3 aromatic rings. The minimum Gasteiger partial charge on any atom is -0.465 e. The van der Waals surface area contributed by atoms with E-state index in [0.29, 0.717) is 46.2 Å². The molecule has 0 spiro atoms. The molecule has 10 heteroatoms. The van der Waals surface area contributed by atoms with Gasteiger partial charge in [-0.15, -0.1) is 0 Å². The van der Waals surface area contributed by atoms with E-state index in [9.17, 15) is 14.7 Å². The highest BCUT2D eigenvalue weighted by Crippen LogP contribution is 2.37. The van der Waals surface area contributed by atoms with E-state index in [1.165, 1.54) is 0 Å². The molecule has 1 saturated carbocycles. The number of halogens is 1. The van der Waals surface area contributed by atoms with Crippen molar-refractivity contribution >= 4 is 51.7 Å². The monoisotopic (exact) mass is 522 g/mol. The van der Waals surface area contributed by atoms with Crippen LogP contribution in [-0.2, 0) is 0 Å². The number of nitrogens with zero attached hydrogens (tertiary/aromatic N) is 5. The van der Waals surface area contributed by atoms with E-state index < -0.39 is 6.09 Å². The Morgan fingerprint density at radius 3 is 2.70 bits per heavy atom. The molecular formula is C27H31ClN6O3. The van der Waals surface area contributed by atoms with E-state index in [2.05, 4.69) is 32.1 Å². The second kappa shape index (κ2) is 10.9. The molecule has 4 heterocycles. The van der Waals surface area contributed by atoms with Gasteiger partial charge in [0.15, 0.2) is 5.78 Å². The molecule has 1 saturated heterocycles. The molecule has 1 amide bonds. The van der Waals surface area contributed by atoms with Gasteiger partial charge >= 0.3 is 6.09 Å². The Kier molecular flexibility index (Phi) is 7.41. The number of amides is 1. The van der Waals surface area contributed by atoms with Gasteiger partial charge in [0.25, 0.3) is 0 Å². The van der Waals surface area contributed by atoms with Crippen LogP contribution in [-0.4, -0.2) is 62.5 Å². The van der Waals surface area contributed by atoms with E-state index in [-0.39, 0.29) is 17.7 Å². The number of anilines is 3. The highest BCUT2D eigenvalue weighted by Gasteiger charge is 2.33. The number of carboxylic acid groups (broad SMARTS) is 1. The van der Waals surface area contributed by atoms with E-state index in [1.54, 1.807) is 29.4 Å². The average Bonchev–Trinajstić information content (AvgIpc) is 3.75. The Hall–Kier alpha value is -3.46. The third kappa shape index (κ3) is 5.61. The lowest BCUT2D eigenvalue weighted by Crippen LogP contribution is -2.50. The fourth-order valence-electron chi connectivity index (χ4n) is 4.89. The number of piperidine rings is 1. The zero-order chi connectivity index (χ0) is 25.9. The van der Waals surface area contributed by atoms with Crippen molar-refractivity contribution in [3.63, 3.8) is 0 Å². The quantitative estimate of drug-likeness (QED) is 0.269. The van der Waals surface area contributed by atoms with E-state index in [0.717, 1.165) is 50.9 Å². The fourth-order valence-corrected chi connectivity index (χ4v) is 5.04. The first-order chi connectivity index (χ1) is 17.9. The number of hydrogen-bond acceptors (Lipinski definition) is 7. The highest BCUT2D eigenvalue weighted by molar-refractivity contribution is 6.30. The van der Waals surface area contributed by atoms with Gasteiger partial charge in [-0.25, -0.2) is 14.8 Å². The van der Waals surface area contributed by atoms with Crippen molar-refractivity contribution in [3.05, 3.63) is 47.4 Å². The highest BCUT2D eigenvalue weighted by atomic mass is 35.5. The maximum Gasteiger partial charge on any atom is 0.407 e. The summed E-state index contributed by atoms with van der Waals surface area (Å²) in [6, 6.07) is 7.26. The number of pyridine rings is 3. The molecule has 194 valence electrons. The van der Waals surface area contributed by atoms with Crippen LogP contribution in [0, 0.1) is 5.92 Å². The number of fused-ring (bicyclic) bond motifs is 1. The summed E-state index contributed by atoms with van der Waals surface area (Å²) in [6.07, 6.45) is 7.85.